The number of rotatable bonds is 9. The third-order valence-corrected chi connectivity index (χ3v) is 6.07. The number of aromatic nitrogens is 2. The van der Waals surface area contributed by atoms with Gasteiger partial charge in [-0.2, -0.15) is 5.10 Å². The van der Waals surface area contributed by atoms with Gasteiger partial charge in [-0.15, -0.1) is 0 Å². The smallest absolute Gasteiger partial charge is 0.257 e. The van der Waals surface area contributed by atoms with E-state index in [2.05, 4.69) is 25.7 Å². The molecule has 35 heavy (non-hydrogen) atoms. The normalized spacial score (nSPS) is 16.8. The van der Waals surface area contributed by atoms with Crippen LogP contribution in [-0.4, -0.2) is 60.5 Å². The van der Waals surface area contributed by atoms with Crippen LogP contribution >= 0.6 is 0 Å². The molecule has 9 heteroatoms. The Bertz CT molecular complexity index is 1200. The van der Waals surface area contributed by atoms with Crippen molar-refractivity contribution in [3.63, 3.8) is 0 Å². The molecule has 3 aromatic rings. The standard InChI is InChI=1S/C26H28FN5O3/c27-19-4-7-24-22(15-19)23(26(33)29-24)17-28-25-16-20(30-31-25)14-18-2-5-21(6-3-18)35-11-1-8-32-9-12-34-13-10-32/h2-7,15-17H,1,8-14H2,(H,29,33)(H2,28,30,31). The van der Waals surface area contributed by atoms with Crippen molar-refractivity contribution in [2.75, 3.05) is 50.1 Å². The summed E-state index contributed by atoms with van der Waals surface area (Å²) in [6.45, 7) is 5.36. The third-order valence-electron chi connectivity index (χ3n) is 6.07. The van der Waals surface area contributed by atoms with Crippen molar-refractivity contribution >= 4 is 23.0 Å². The number of amides is 1. The van der Waals surface area contributed by atoms with E-state index in [4.69, 9.17) is 9.47 Å². The van der Waals surface area contributed by atoms with Gasteiger partial charge in [-0.1, -0.05) is 12.1 Å². The lowest BCUT2D eigenvalue weighted by Gasteiger charge is -2.26. The Kier molecular flexibility index (Phi) is 7.06. The number of nitrogens with one attached hydrogen (secondary N) is 3. The predicted octanol–water partition coefficient (Wildman–Crippen LogP) is 3.65. The summed E-state index contributed by atoms with van der Waals surface area (Å²) in [6.07, 6.45) is 3.20. The maximum Gasteiger partial charge on any atom is 0.257 e. The van der Waals surface area contributed by atoms with Crippen LogP contribution in [0, 0.1) is 5.82 Å². The molecule has 1 amide bonds. The highest BCUT2D eigenvalue weighted by Crippen LogP contribution is 2.32. The van der Waals surface area contributed by atoms with Crippen LogP contribution < -0.4 is 15.4 Å². The molecule has 0 spiro atoms. The number of morpholine rings is 1. The van der Waals surface area contributed by atoms with Gasteiger partial charge in [0.1, 0.15) is 17.4 Å². The summed E-state index contributed by atoms with van der Waals surface area (Å²) in [7, 11) is 0. The van der Waals surface area contributed by atoms with Crippen LogP contribution in [0.4, 0.5) is 15.9 Å². The first-order valence-corrected chi connectivity index (χ1v) is 11.8. The maximum atomic E-state index is 13.6. The minimum absolute atomic E-state index is 0.277. The number of ether oxygens (including phenoxy) is 2. The van der Waals surface area contributed by atoms with Crippen molar-refractivity contribution in [1.29, 1.82) is 0 Å². The van der Waals surface area contributed by atoms with E-state index in [-0.39, 0.29) is 11.7 Å². The second-order valence-corrected chi connectivity index (χ2v) is 8.60. The Morgan fingerprint density at radius 1 is 1.14 bits per heavy atom. The quantitative estimate of drug-likeness (QED) is 0.322. The number of carbonyl (C=O) groups is 1. The molecule has 2 aliphatic rings. The highest BCUT2D eigenvalue weighted by molar-refractivity contribution is 6.31. The number of halogens is 1. The first-order valence-electron chi connectivity index (χ1n) is 11.8. The lowest BCUT2D eigenvalue weighted by molar-refractivity contribution is -0.110. The first kappa shape index (κ1) is 23.1. The molecule has 1 saturated heterocycles. The molecule has 0 unspecified atom stereocenters. The number of carbonyl (C=O) groups excluding carboxylic acids is 1. The maximum absolute atomic E-state index is 13.6. The summed E-state index contributed by atoms with van der Waals surface area (Å²) in [4.78, 5) is 14.6. The number of benzene rings is 2. The lowest BCUT2D eigenvalue weighted by Crippen LogP contribution is -2.37. The van der Waals surface area contributed by atoms with E-state index in [0.717, 1.165) is 56.3 Å². The van der Waals surface area contributed by atoms with Crippen molar-refractivity contribution in [1.82, 2.24) is 15.1 Å². The van der Waals surface area contributed by atoms with Crippen molar-refractivity contribution in [2.45, 2.75) is 12.8 Å². The van der Waals surface area contributed by atoms with Crippen LogP contribution in [-0.2, 0) is 16.0 Å². The average molecular weight is 478 g/mol. The Morgan fingerprint density at radius 3 is 2.80 bits per heavy atom. The zero-order valence-corrected chi connectivity index (χ0v) is 19.4. The summed E-state index contributed by atoms with van der Waals surface area (Å²) in [5, 5.41) is 13.0. The third kappa shape index (κ3) is 5.87. The van der Waals surface area contributed by atoms with E-state index in [9.17, 15) is 9.18 Å². The first-order chi connectivity index (χ1) is 17.1. The zero-order chi connectivity index (χ0) is 24.0. The summed E-state index contributed by atoms with van der Waals surface area (Å²) in [6, 6.07) is 14.1. The van der Waals surface area contributed by atoms with Gasteiger partial charge in [-0.3, -0.25) is 14.8 Å². The molecule has 3 N–H and O–H groups in total. The second kappa shape index (κ2) is 10.7. The molecule has 1 fully saturated rings. The van der Waals surface area contributed by atoms with E-state index in [1.807, 2.05) is 30.3 Å². The number of anilines is 2. The minimum atomic E-state index is -0.389. The topological polar surface area (TPSA) is 91.5 Å². The van der Waals surface area contributed by atoms with E-state index < -0.39 is 0 Å². The Morgan fingerprint density at radius 2 is 1.97 bits per heavy atom. The highest BCUT2D eigenvalue weighted by atomic mass is 19.1. The molecule has 8 nitrogen and oxygen atoms in total. The monoisotopic (exact) mass is 477 g/mol. The minimum Gasteiger partial charge on any atom is -0.494 e. The van der Waals surface area contributed by atoms with Gasteiger partial charge in [0, 0.05) is 49.6 Å². The fraction of sp³-hybridized carbons (Fsp3) is 0.308. The fourth-order valence-corrected chi connectivity index (χ4v) is 4.20. The summed E-state index contributed by atoms with van der Waals surface area (Å²) in [5.41, 5.74) is 3.47. The van der Waals surface area contributed by atoms with E-state index in [0.29, 0.717) is 35.7 Å². The molecule has 0 aliphatic carbocycles. The molecule has 0 bridgehead atoms. The van der Waals surface area contributed by atoms with Crippen LogP contribution in [0.15, 0.2) is 54.7 Å². The number of hydrogen-bond acceptors (Lipinski definition) is 6. The molecule has 3 heterocycles. The highest BCUT2D eigenvalue weighted by Gasteiger charge is 2.24. The molecule has 182 valence electrons. The van der Waals surface area contributed by atoms with E-state index in [1.54, 1.807) is 12.3 Å². The molecule has 2 aromatic carbocycles. The van der Waals surface area contributed by atoms with Crippen molar-refractivity contribution in [3.8, 4) is 5.75 Å². The fourth-order valence-electron chi connectivity index (χ4n) is 4.20. The molecular weight excluding hydrogens is 449 g/mol. The molecule has 0 saturated carbocycles. The number of hydrogen-bond donors (Lipinski definition) is 3. The van der Waals surface area contributed by atoms with Crippen molar-refractivity contribution in [2.24, 2.45) is 0 Å². The zero-order valence-electron chi connectivity index (χ0n) is 19.4. The average Bonchev–Trinajstić information content (AvgIpc) is 3.45. The van der Waals surface area contributed by atoms with Crippen LogP contribution in [0.3, 0.4) is 0 Å². The van der Waals surface area contributed by atoms with Crippen LogP contribution in [0.1, 0.15) is 23.2 Å². The lowest BCUT2D eigenvalue weighted by atomic mass is 10.1. The molecule has 0 radical (unpaired) electrons. The number of H-pyrrole nitrogens is 1. The molecule has 5 rings (SSSR count). The molecule has 1 aromatic heterocycles. The van der Waals surface area contributed by atoms with Crippen LogP contribution in [0.25, 0.3) is 5.57 Å². The Balaban J connectivity index is 1.11. The van der Waals surface area contributed by atoms with Gasteiger partial charge in [-0.25, -0.2) is 4.39 Å². The summed E-state index contributed by atoms with van der Waals surface area (Å²) < 4.78 is 24.8. The Hall–Kier alpha value is -3.69. The summed E-state index contributed by atoms with van der Waals surface area (Å²) in [5.74, 6) is 0.837. The van der Waals surface area contributed by atoms with Gasteiger partial charge >= 0.3 is 0 Å². The van der Waals surface area contributed by atoms with Gasteiger partial charge in [0.05, 0.1) is 31.1 Å². The van der Waals surface area contributed by atoms with Gasteiger partial charge < -0.3 is 20.1 Å². The number of aromatic amines is 1. The molecule has 2 aliphatic heterocycles. The van der Waals surface area contributed by atoms with Gasteiger partial charge in [0.25, 0.3) is 5.91 Å². The van der Waals surface area contributed by atoms with Crippen LogP contribution in [0.5, 0.6) is 5.75 Å². The van der Waals surface area contributed by atoms with Crippen molar-refractivity contribution in [3.05, 3.63) is 77.4 Å². The molecular formula is C26H28FN5O3. The van der Waals surface area contributed by atoms with E-state index in [1.165, 1.54) is 12.1 Å². The van der Waals surface area contributed by atoms with Gasteiger partial charge in [0.2, 0.25) is 0 Å². The van der Waals surface area contributed by atoms with Crippen molar-refractivity contribution < 1.29 is 18.7 Å². The SMILES string of the molecule is O=C1Nc2ccc(F)cc2C1=CNc1cc(Cc2ccc(OCCCN3CCOCC3)cc2)n[nH]1. The van der Waals surface area contributed by atoms with E-state index >= 15 is 0 Å². The Labute approximate surface area is 203 Å². The van der Waals surface area contributed by atoms with Gasteiger partial charge in [0.15, 0.2) is 0 Å². The molecule has 0 atom stereocenters. The number of nitrogens with zero attached hydrogens (tertiary/aromatic N) is 2. The largest absolute Gasteiger partial charge is 0.494 e. The van der Waals surface area contributed by atoms with Crippen LogP contribution in [0.2, 0.25) is 0 Å². The number of fused-ring (bicyclic) bond motifs is 1. The van der Waals surface area contributed by atoms with Gasteiger partial charge in [-0.05, 0) is 42.3 Å². The summed E-state index contributed by atoms with van der Waals surface area (Å²) >= 11 is 0. The predicted molar refractivity (Wildman–Crippen MR) is 132 cm³/mol. The second-order valence-electron chi connectivity index (χ2n) is 8.60.